The lowest BCUT2D eigenvalue weighted by Gasteiger charge is -2.42. The molecule has 0 radical (unpaired) electrons. The Morgan fingerprint density at radius 1 is 0.475 bits per heavy atom. The lowest BCUT2D eigenvalue weighted by molar-refractivity contribution is 0.632. The second kappa shape index (κ2) is 9.62. The summed E-state index contributed by atoms with van der Waals surface area (Å²) < 4.78 is 0. The van der Waals surface area contributed by atoms with Gasteiger partial charge in [-0.05, 0) is 88.0 Å². The van der Waals surface area contributed by atoms with Crippen LogP contribution in [0.4, 0.5) is 17.1 Å². The molecule has 0 fully saturated rings. The Morgan fingerprint density at radius 2 is 0.950 bits per heavy atom. The van der Waals surface area contributed by atoms with E-state index in [1.54, 1.807) is 0 Å². The number of nitrogens with zero attached hydrogens (tertiary/aromatic N) is 3. The maximum absolute atomic E-state index is 4.36. The highest BCUT2D eigenvalue weighted by molar-refractivity contribution is 5.87. The number of para-hydroxylation sites is 2. The van der Waals surface area contributed by atoms with Crippen molar-refractivity contribution in [3.8, 4) is 33.4 Å². The monoisotopic (exact) mass is 515 g/mol. The lowest BCUT2D eigenvalue weighted by Crippen LogP contribution is -2.30. The van der Waals surface area contributed by atoms with Crippen LogP contribution in [-0.2, 0) is 5.41 Å². The molecule has 3 heterocycles. The Morgan fingerprint density at radius 3 is 1.43 bits per heavy atom. The summed E-state index contributed by atoms with van der Waals surface area (Å²) >= 11 is 0. The van der Waals surface area contributed by atoms with Crippen LogP contribution in [0.5, 0.6) is 0 Å². The van der Waals surface area contributed by atoms with Gasteiger partial charge in [0.1, 0.15) is 0 Å². The Kier molecular flexibility index (Phi) is 5.78. The van der Waals surface area contributed by atoms with E-state index in [1.165, 1.54) is 28.1 Å². The number of aromatic nitrogens is 2. The van der Waals surface area contributed by atoms with Crippen molar-refractivity contribution in [2.24, 2.45) is 0 Å². The summed E-state index contributed by atoms with van der Waals surface area (Å²) in [5.74, 6) is 0. The fraction of sp³-hybridized carbons (Fsp3) is 0.0811. The molecule has 4 aromatic carbocycles. The minimum atomic E-state index is -0.0704. The Hall–Kier alpha value is -5.02. The first-order valence-corrected chi connectivity index (χ1v) is 13.6. The third-order valence-corrected chi connectivity index (χ3v) is 8.02. The molecule has 0 N–H and O–H groups in total. The van der Waals surface area contributed by atoms with Gasteiger partial charge in [0.15, 0.2) is 0 Å². The van der Waals surface area contributed by atoms with Crippen LogP contribution in [0.15, 0.2) is 140 Å². The maximum Gasteiger partial charge on any atom is 0.0502 e. The number of pyridine rings is 2. The molecule has 0 amide bonds. The maximum atomic E-state index is 4.36. The molecular formula is C37H29N3. The molecule has 0 unspecified atom stereocenters. The third kappa shape index (κ3) is 4.07. The van der Waals surface area contributed by atoms with Gasteiger partial charge >= 0.3 is 0 Å². The highest BCUT2D eigenvalue weighted by Crippen LogP contribution is 2.51. The molecule has 0 spiro atoms. The van der Waals surface area contributed by atoms with Crippen LogP contribution >= 0.6 is 0 Å². The van der Waals surface area contributed by atoms with Gasteiger partial charge < -0.3 is 4.90 Å². The van der Waals surface area contributed by atoms with E-state index < -0.39 is 0 Å². The van der Waals surface area contributed by atoms with Crippen molar-refractivity contribution in [3.63, 3.8) is 0 Å². The predicted octanol–water partition coefficient (Wildman–Crippen LogP) is 9.59. The van der Waals surface area contributed by atoms with Crippen molar-refractivity contribution in [1.82, 2.24) is 9.97 Å². The first-order chi connectivity index (χ1) is 19.6. The second-order valence-corrected chi connectivity index (χ2v) is 10.8. The van der Waals surface area contributed by atoms with E-state index in [4.69, 9.17) is 0 Å². The summed E-state index contributed by atoms with van der Waals surface area (Å²) in [5.41, 5.74) is 13.0. The summed E-state index contributed by atoms with van der Waals surface area (Å²) in [7, 11) is 0. The summed E-state index contributed by atoms with van der Waals surface area (Å²) in [6, 6.07) is 41.4. The average Bonchev–Trinajstić information content (AvgIpc) is 3.02. The molecule has 0 aliphatic carbocycles. The average molecular weight is 516 g/mol. The highest BCUT2D eigenvalue weighted by Gasteiger charge is 2.36. The molecule has 0 saturated carbocycles. The molecule has 2 aromatic heterocycles. The van der Waals surface area contributed by atoms with Crippen LogP contribution in [0.1, 0.15) is 25.0 Å². The molecular weight excluding hydrogens is 486 g/mol. The fourth-order valence-electron chi connectivity index (χ4n) is 5.94. The molecule has 0 atom stereocenters. The van der Waals surface area contributed by atoms with Crippen molar-refractivity contribution in [1.29, 1.82) is 0 Å². The second-order valence-electron chi connectivity index (χ2n) is 10.8. The van der Waals surface area contributed by atoms with Crippen molar-refractivity contribution >= 4 is 17.1 Å². The highest BCUT2D eigenvalue weighted by atomic mass is 15.2. The van der Waals surface area contributed by atoms with Gasteiger partial charge in [-0.15, -0.1) is 0 Å². The Bertz CT molecular complexity index is 1700. The SMILES string of the molecule is CC1(C)c2ccccc2N(c2ccc(-c3cc(-c4cccnc4)cc(-c4cccnc4)c3)cc2)c2ccccc21. The lowest BCUT2D eigenvalue weighted by atomic mass is 9.73. The minimum Gasteiger partial charge on any atom is -0.310 e. The van der Waals surface area contributed by atoms with Gasteiger partial charge in [0.05, 0.1) is 11.4 Å². The van der Waals surface area contributed by atoms with Crippen molar-refractivity contribution in [2.75, 3.05) is 4.90 Å². The molecule has 192 valence electrons. The van der Waals surface area contributed by atoms with Crippen molar-refractivity contribution in [3.05, 3.63) is 151 Å². The van der Waals surface area contributed by atoms with Crippen LogP contribution in [0, 0.1) is 0 Å². The molecule has 0 bridgehead atoms. The standard InChI is InChI=1S/C37H29N3/c1-37(2)33-11-3-5-13-35(33)40(36-14-6-4-12-34(36)37)32-17-15-26(16-18-32)29-21-30(27-9-7-19-38-24-27)23-31(22-29)28-10-8-20-39-25-28/h3-25H,1-2H3. The zero-order valence-electron chi connectivity index (χ0n) is 22.6. The van der Waals surface area contributed by atoms with E-state index in [2.05, 4.69) is 132 Å². The summed E-state index contributed by atoms with van der Waals surface area (Å²) in [6.45, 7) is 4.64. The summed E-state index contributed by atoms with van der Waals surface area (Å²) in [6.07, 6.45) is 7.46. The van der Waals surface area contributed by atoms with E-state index >= 15 is 0 Å². The molecule has 40 heavy (non-hydrogen) atoms. The number of hydrogen-bond donors (Lipinski definition) is 0. The first kappa shape index (κ1) is 24.1. The van der Waals surface area contributed by atoms with Gasteiger partial charge in [-0.25, -0.2) is 0 Å². The zero-order valence-corrected chi connectivity index (χ0v) is 22.6. The Labute approximate surface area is 235 Å². The molecule has 1 aliphatic rings. The quantitative estimate of drug-likeness (QED) is 0.234. The first-order valence-electron chi connectivity index (χ1n) is 13.6. The van der Waals surface area contributed by atoms with E-state index in [0.717, 1.165) is 33.5 Å². The summed E-state index contributed by atoms with van der Waals surface area (Å²) in [4.78, 5) is 11.1. The van der Waals surface area contributed by atoms with E-state index in [-0.39, 0.29) is 5.41 Å². The molecule has 1 aliphatic heterocycles. The van der Waals surface area contributed by atoms with Crippen LogP contribution in [0.2, 0.25) is 0 Å². The molecule has 3 nitrogen and oxygen atoms in total. The molecule has 0 saturated heterocycles. The van der Waals surface area contributed by atoms with Crippen LogP contribution in [0.25, 0.3) is 33.4 Å². The zero-order chi connectivity index (χ0) is 27.1. The number of rotatable bonds is 4. The smallest absolute Gasteiger partial charge is 0.0502 e. The normalized spacial score (nSPS) is 13.4. The van der Waals surface area contributed by atoms with E-state index in [9.17, 15) is 0 Å². The van der Waals surface area contributed by atoms with Gasteiger partial charge in [-0.3, -0.25) is 9.97 Å². The fourth-order valence-corrected chi connectivity index (χ4v) is 5.94. The topological polar surface area (TPSA) is 29.0 Å². The van der Waals surface area contributed by atoms with Gasteiger partial charge in [-0.2, -0.15) is 0 Å². The molecule has 6 aromatic rings. The third-order valence-electron chi connectivity index (χ3n) is 8.02. The van der Waals surface area contributed by atoms with Crippen LogP contribution in [-0.4, -0.2) is 9.97 Å². The predicted molar refractivity (Wildman–Crippen MR) is 165 cm³/mol. The van der Waals surface area contributed by atoms with Gasteiger partial charge in [-0.1, -0.05) is 74.5 Å². The largest absolute Gasteiger partial charge is 0.310 e. The molecule has 3 heteroatoms. The van der Waals surface area contributed by atoms with Crippen LogP contribution in [0.3, 0.4) is 0 Å². The van der Waals surface area contributed by atoms with E-state index in [0.29, 0.717) is 0 Å². The molecule has 7 rings (SSSR count). The Balaban J connectivity index is 1.34. The van der Waals surface area contributed by atoms with Gasteiger partial charge in [0.2, 0.25) is 0 Å². The number of benzene rings is 4. The van der Waals surface area contributed by atoms with E-state index in [1.807, 2.05) is 36.9 Å². The van der Waals surface area contributed by atoms with Crippen molar-refractivity contribution in [2.45, 2.75) is 19.3 Å². The minimum absolute atomic E-state index is 0.0704. The summed E-state index contributed by atoms with van der Waals surface area (Å²) in [5, 5.41) is 0. The van der Waals surface area contributed by atoms with Gasteiger partial charge in [0, 0.05) is 47.0 Å². The number of hydrogen-bond acceptors (Lipinski definition) is 3. The number of anilines is 3. The van der Waals surface area contributed by atoms with Crippen LogP contribution < -0.4 is 4.90 Å². The van der Waals surface area contributed by atoms with Crippen molar-refractivity contribution < 1.29 is 0 Å². The number of fused-ring (bicyclic) bond motifs is 2. The van der Waals surface area contributed by atoms with Gasteiger partial charge in [0.25, 0.3) is 0 Å².